The highest BCUT2D eigenvalue weighted by Gasteiger charge is 2.11. The van der Waals surface area contributed by atoms with Crippen molar-refractivity contribution in [3.8, 4) is 0 Å². The molecule has 0 aliphatic heterocycles. The van der Waals surface area contributed by atoms with Crippen molar-refractivity contribution >= 4 is 34.8 Å². The molecule has 0 saturated carbocycles. The minimum Gasteiger partial charge on any atom is -0.306 e. The Balaban J connectivity index is 2.09. The fraction of sp³-hybridized carbons (Fsp3) is 0.250. The third kappa shape index (κ3) is 3.67. The lowest BCUT2D eigenvalue weighted by Gasteiger charge is -2.16. The molecule has 2 rings (SSSR count). The van der Waals surface area contributed by atoms with Crippen molar-refractivity contribution < 1.29 is 0 Å². The molecule has 0 heterocycles. The van der Waals surface area contributed by atoms with Gasteiger partial charge in [-0.15, -0.1) is 0 Å². The van der Waals surface area contributed by atoms with E-state index in [2.05, 4.69) is 43.4 Å². The average molecular weight is 329 g/mol. The molecule has 0 aliphatic carbocycles. The van der Waals surface area contributed by atoms with E-state index in [-0.39, 0.29) is 6.04 Å². The quantitative estimate of drug-likeness (QED) is 0.699. The van der Waals surface area contributed by atoms with Crippen molar-refractivity contribution in [1.82, 2.24) is 5.32 Å². The second-order valence-corrected chi connectivity index (χ2v) is 6.03. The van der Waals surface area contributed by atoms with Gasteiger partial charge < -0.3 is 5.32 Å². The van der Waals surface area contributed by atoms with Crippen LogP contribution in [0.2, 0.25) is 15.1 Å². The van der Waals surface area contributed by atoms with Crippen molar-refractivity contribution in [1.29, 1.82) is 0 Å². The first kappa shape index (κ1) is 15.7. The van der Waals surface area contributed by atoms with E-state index in [4.69, 9.17) is 34.8 Å². The van der Waals surface area contributed by atoms with Crippen LogP contribution in [0.4, 0.5) is 0 Å². The highest BCUT2D eigenvalue weighted by atomic mass is 35.5. The van der Waals surface area contributed by atoms with Crippen LogP contribution in [0.15, 0.2) is 36.4 Å². The standard InChI is InChI=1S/C16H16Cl3N/c1-10-3-5-12(6-4-10)11(2)20-9-13-14(17)7-8-15(18)16(13)19/h3-8,11,20H,9H2,1-2H3/t11-/m1/s1. The first-order valence-corrected chi connectivity index (χ1v) is 7.54. The van der Waals surface area contributed by atoms with Crippen molar-refractivity contribution in [3.63, 3.8) is 0 Å². The van der Waals surface area contributed by atoms with Gasteiger partial charge in [-0.25, -0.2) is 0 Å². The van der Waals surface area contributed by atoms with Gasteiger partial charge in [0.25, 0.3) is 0 Å². The Hall–Kier alpha value is -0.730. The topological polar surface area (TPSA) is 12.0 Å². The summed E-state index contributed by atoms with van der Waals surface area (Å²) in [5, 5.41) is 5.08. The van der Waals surface area contributed by atoms with Crippen LogP contribution >= 0.6 is 34.8 Å². The maximum Gasteiger partial charge on any atom is 0.0652 e. The maximum atomic E-state index is 6.19. The van der Waals surface area contributed by atoms with Crippen molar-refractivity contribution in [2.24, 2.45) is 0 Å². The summed E-state index contributed by atoms with van der Waals surface area (Å²) in [6.07, 6.45) is 0. The number of rotatable bonds is 4. The smallest absolute Gasteiger partial charge is 0.0652 e. The van der Waals surface area contributed by atoms with Gasteiger partial charge in [0, 0.05) is 23.2 Å². The van der Waals surface area contributed by atoms with Gasteiger partial charge >= 0.3 is 0 Å². The molecular formula is C16H16Cl3N. The Morgan fingerprint density at radius 2 is 1.55 bits per heavy atom. The van der Waals surface area contributed by atoms with Gasteiger partial charge in [0.1, 0.15) is 0 Å². The summed E-state index contributed by atoms with van der Waals surface area (Å²) >= 11 is 18.4. The summed E-state index contributed by atoms with van der Waals surface area (Å²) in [6.45, 7) is 4.76. The van der Waals surface area contributed by atoms with Crippen LogP contribution in [0.25, 0.3) is 0 Å². The molecule has 0 spiro atoms. The molecule has 4 heteroatoms. The van der Waals surface area contributed by atoms with Crippen LogP contribution in [-0.2, 0) is 6.54 Å². The lowest BCUT2D eigenvalue weighted by atomic mass is 10.1. The fourth-order valence-corrected chi connectivity index (χ4v) is 2.64. The molecule has 0 unspecified atom stereocenters. The third-order valence-electron chi connectivity index (χ3n) is 3.30. The van der Waals surface area contributed by atoms with Gasteiger partial charge in [0.2, 0.25) is 0 Å². The molecule has 106 valence electrons. The maximum absolute atomic E-state index is 6.19. The van der Waals surface area contributed by atoms with E-state index < -0.39 is 0 Å². The molecule has 1 nitrogen and oxygen atoms in total. The molecule has 2 aromatic rings. The summed E-state index contributed by atoms with van der Waals surface area (Å²) in [5.74, 6) is 0. The number of hydrogen-bond acceptors (Lipinski definition) is 1. The van der Waals surface area contributed by atoms with Crippen LogP contribution in [0, 0.1) is 6.92 Å². The molecule has 0 amide bonds. The van der Waals surface area contributed by atoms with E-state index in [1.54, 1.807) is 12.1 Å². The predicted octanol–water partition coefficient (Wildman–Crippen LogP) is 5.81. The first-order valence-electron chi connectivity index (χ1n) is 6.41. The van der Waals surface area contributed by atoms with Crippen molar-refractivity contribution in [3.05, 3.63) is 68.2 Å². The normalized spacial score (nSPS) is 12.4. The predicted molar refractivity (Wildman–Crippen MR) is 87.9 cm³/mol. The molecule has 0 aromatic heterocycles. The van der Waals surface area contributed by atoms with E-state index >= 15 is 0 Å². The lowest BCUT2D eigenvalue weighted by Crippen LogP contribution is -2.18. The molecule has 0 radical (unpaired) electrons. The second-order valence-electron chi connectivity index (χ2n) is 4.84. The number of aryl methyl sites for hydroxylation is 1. The van der Waals surface area contributed by atoms with Gasteiger partial charge in [0.15, 0.2) is 0 Å². The number of nitrogens with one attached hydrogen (secondary N) is 1. The Kier molecular flexibility index (Phi) is 5.34. The SMILES string of the molecule is Cc1ccc([C@@H](C)NCc2c(Cl)ccc(Cl)c2Cl)cc1. The highest BCUT2D eigenvalue weighted by molar-refractivity contribution is 6.44. The van der Waals surface area contributed by atoms with Crippen LogP contribution in [0.1, 0.15) is 29.7 Å². The number of hydrogen-bond donors (Lipinski definition) is 1. The van der Waals surface area contributed by atoms with Crippen LogP contribution in [0.5, 0.6) is 0 Å². The molecule has 0 saturated heterocycles. The summed E-state index contributed by atoms with van der Waals surface area (Å²) in [5.41, 5.74) is 3.31. The van der Waals surface area contributed by atoms with Gasteiger partial charge in [-0.2, -0.15) is 0 Å². The molecule has 0 bridgehead atoms. The number of benzene rings is 2. The molecule has 1 atom stereocenters. The summed E-state index contributed by atoms with van der Waals surface area (Å²) in [7, 11) is 0. The molecule has 1 N–H and O–H groups in total. The van der Waals surface area contributed by atoms with Crippen molar-refractivity contribution in [2.45, 2.75) is 26.4 Å². The summed E-state index contributed by atoms with van der Waals surface area (Å²) in [4.78, 5) is 0. The second kappa shape index (κ2) is 6.82. The minimum atomic E-state index is 0.210. The molecule has 0 aliphatic rings. The highest BCUT2D eigenvalue weighted by Crippen LogP contribution is 2.31. The van der Waals surface area contributed by atoms with E-state index in [0.717, 1.165) is 5.56 Å². The van der Waals surface area contributed by atoms with Gasteiger partial charge in [-0.05, 0) is 31.5 Å². The van der Waals surface area contributed by atoms with Gasteiger partial charge in [-0.1, -0.05) is 64.6 Å². The first-order chi connectivity index (χ1) is 9.49. The molecular weight excluding hydrogens is 313 g/mol. The lowest BCUT2D eigenvalue weighted by molar-refractivity contribution is 0.575. The van der Waals surface area contributed by atoms with Crippen LogP contribution in [0.3, 0.4) is 0 Å². The summed E-state index contributed by atoms with van der Waals surface area (Å²) in [6, 6.07) is 12.1. The third-order valence-corrected chi connectivity index (χ3v) is 4.50. The zero-order chi connectivity index (χ0) is 14.7. The van der Waals surface area contributed by atoms with Gasteiger partial charge in [-0.3, -0.25) is 0 Å². The van der Waals surface area contributed by atoms with E-state index in [1.165, 1.54) is 11.1 Å². The Morgan fingerprint density at radius 1 is 0.950 bits per heavy atom. The molecule has 20 heavy (non-hydrogen) atoms. The van der Waals surface area contributed by atoms with E-state index in [1.807, 2.05) is 0 Å². The fourth-order valence-electron chi connectivity index (χ4n) is 1.96. The molecule has 2 aromatic carbocycles. The average Bonchev–Trinajstić information content (AvgIpc) is 2.43. The van der Waals surface area contributed by atoms with E-state index in [0.29, 0.717) is 21.6 Å². The zero-order valence-corrected chi connectivity index (χ0v) is 13.7. The van der Waals surface area contributed by atoms with Gasteiger partial charge in [0.05, 0.1) is 10.0 Å². The monoisotopic (exact) mass is 327 g/mol. The molecule has 0 fully saturated rings. The van der Waals surface area contributed by atoms with Crippen molar-refractivity contribution in [2.75, 3.05) is 0 Å². The van der Waals surface area contributed by atoms with E-state index in [9.17, 15) is 0 Å². The minimum absolute atomic E-state index is 0.210. The zero-order valence-electron chi connectivity index (χ0n) is 11.4. The largest absolute Gasteiger partial charge is 0.306 e. The summed E-state index contributed by atoms with van der Waals surface area (Å²) < 4.78 is 0. The van der Waals surface area contributed by atoms with Crippen LogP contribution in [-0.4, -0.2) is 0 Å². The number of halogens is 3. The Bertz CT molecular complexity index is 593. The van der Waals surface area contributed by atoms with Crippen LogP contribution < -0.4 is 5.32 Å². The Morgan fingerprint density at radius 3 is 2.20 bits per heavy atom. The Labute approximate surface area is 134 Å².